The Kier molecular flexibility index (Phi) is 7.49. The topological polar surface area (TPSA) is 26.3 Å². The van der Waals surface area contributed by atoms with Crippen molar-refractivity contribution in [1.82, 2.24) is 0 Å². The molecule has 0 amide bonds. The van der Waals surface area contributed by atoms with Crippen molar-refractivity contribution in [2.75, 3.05) is 0 Å². The molecule has 3 rings (SSSR count). The van der Waals surface area contributed by atoms with Crippen LogP contribution in [0.5, 0.6) is 11.5 Å². The van der Waals surface area contributed by atoms with E-state index < -0.39 is 14.5 Å². The zero-order valence-electron chi connectivity index (χ0n) is 16.4. The third-order valence-corrected chi connectivity index (χ3v) is 5.03. The summed E-state index contributed by atoms with van der Waals surface area (Å²) in [7, 11) is -1.38. The molecule has 0 aliphatic heterocycles. The van der Waals surface area contributed by atoms with Crippen molar-refractivity contribution in [3.63, 3.8) is 0 Å². The molecule has 0 bridgehead atoms. The summed E-state index contributed by atoms with van der Waals surface area (Å²) in [6.07, 6.45) is 0. The predicted octanol–water partition coefficient (Wildman–Crippen LogP) is 2.96. The zero-order chi connectivity index (χ0) is 19.4. The molecule has 28 heavy (non-hydrogen) atoms. The normalized spacial score (nSPS) is 11.3. The van der Waals surface area contributed by atoms with E-state index in [2.05, 4.69) is 0 Å². The van der Waals surface area contributed by atoms with Crippen LogP contribution in [0.2, 0.25) is 0 Å². The number of ether oxygens (including phenoxy) is 1. The Morgan fingerprint density at radius 1 is 0.929 bits per heavy atom. The number of para-hydroxylation sites is 1. The van der Waals surface area contributed by atoms with E-state index in [1.807, 2.05) is 6.07 Å². The third kappa shape index (κ3) is 5.49. The van der Waals surface area contributed by atoms with Crippen LogP contribution in [0.25, 0.3) is 0 Å². The maximum atomic E-state index is 13.0. The summed E-state index contributed by atoms with van der Waals surface area (Å²) in [6, 6.07) is 20.1. The molecule has 7 heteroatoms. The molecule has 0 aliphatic carbocycles. The molecule has 0 saturated heterocycles. The van der Waals surface area contributed by atoms with E-state index in [1.165, 1.54) is 19.1 Å². The van der Waals surface area contributed by atoms with Gasteiger partial charge in [0.1, 0.15) is 11.5 Å². The first-order chi connectivity index (χ1) is 12.8. The Morgan fingerprint density at radius 3 is 2.07 bits per heavy atom. The fourth-order valence-electron chi connectivity index (χ4n) is 2.69. The molecule has 1 unspecified atom stereocenters. The van der Waals surface area contributed by atoms with Crippen molar-refractivity contribution in [3.05, 3.63) is 89.5 Å². The van der Waals surface area contributed by atoms with Crippen LogP contribution in [-0.4, -0.2) is 11.7 Å². The molecule has 140 valence electrons. The van der Waals surface area contributed by atoms with E-state index in [0.717, 1.165) is 0 Å². The van der Waals surface area contributed by atoms with E-state index in [9.17, 15) is 18.0 Å². The third-order valence-electron chi connectivity index (χ3n) is 3.94. The van der Waals surface area contributed by atoms with Crippen LogP contribution in [0.1, 0.15) is 22.9 Å². The largest absolute Gasteiger partial charge is 1.00 e. The minimum Gasteiger partial charge on any atom is -1.00 e. The first-order valence-corrected chi connectivity index (χ1v) is 9.16. The average Bonchev–Trinajstić information content (AvgIpc) is 2.64. The van der Waals surface area contributed by atoms with E-state index in [0.29, 0.717) is 11.3 Å². The molecular weight excluding hydrogens is 379 g/mol. The van der Waals surface area contributed by atoms with E-state index in [-0.39, 0.29) is 48.3 Å². The molecule has 0 heterocycles. The minimum absolute atomic E-state index is 0. The van der Waals surface area contributed by atoms with Gasteiger partial charge in [-0.15, -0.1) is 0 Å². The summed E-state index contributed by atoms with van der Waals surface area (Å²) < 4.78 is 44.6. The van der Waals surface area contributed by atoms with Crippen molar-refractivity contribution >= 4 is 19.7 Å². The number of carbonyl (C=O) groups is 1. The van der Waals surface area contributed by atoms with Gasteiger partial charge in [-0.2, -0.15) is 13.2 Å². The number of carbonyl (C=O) groups excluding carboxylic acids is 1. The van der Waals surface area contributed by atoms with Crippen LogP contribution in [0, 0.1) is 6.92 Å². The molecule has 0 spiro atoms. The molecule has 0 N–H and O–H groups in total. The van der Waals surface area contributed by atoms with E-state index >= 15 is 0 Å². The van der Waals surface area contributed by atoms with Gasteiger partial charge in [0.25, 0.3) is 0 Å². The van der Waals surface area contributed by atoms with Gasteiger partial charge in [-0.05, 0) is 36.0 Å². The summed E-state index contributed by atoms with van der Waals surface area (Å²) in [5.74, 6) is -3.96. The molecule has 2 nitrogen and oxygen atoms in total. The molecule has 3 aromatic rings. The Hall–Kier alpha value is -2.05. The molecule has 0 radical (unpaired) electrons. The monoisotopic (exact) mass is 396 g/mol. The Balaban J connectivity index is 0.00000210. The van der Waals surface area contributed by atoms with Crippen molar-refractivity contribution in [2.45, 2.75) is 12.8 Å². The Labute approximate surface area is 176 Å². The number of ketones is 1. The van der Waals surface area contributed by atoms with Gasteiger partial charge in [0.15, 0.2) is 5.78 Å². The van der Waals surface area contributed by atoms with Gasteiger partial charge in [-0.1, -0.05) is 54.6 Å². The second-order valence-corrected chi connectivity index (χ2v) is 7.20. The second-order valence-electron chi connectivity index (χ2n) is 5.84. The summed E-state index contributed by atoms with van der Waals surface area (Å²) in [5, 5.41) is 0.0854. The second kappa shape index (κ2) is 9.43. The standard InChI is InChI=1S/C21H16F3O2P.Li.H/c1-14-18(27-21(22,23)24)13-12-17(26-16-10-6-3-7-11-16)19(14)20(25)15-8-4-2-5-9-15;;/h2-13,27H,1H3;;/q;+1;-1. The van der Waals surface area contributed by atoms with Crippen LogP contribution in [0.15, 0.2) is 72.8 Å². The summed E-state index contributed by atoms with van der Waals surface area (Å²) in [4.78, 5) is 13.0. The first kappa shape index (κ1) is 22.2. The number of hydrogen-bond acceptors (Lipinski definition) is 2. The number of hydrogen-bond donors (Lipinski definition) is 0. The smallest absolute Gasteiger partial charge is 1.00 e. The van der Waals surface area contributed by atoms with Gasteiger partial charge in [0.05, 0.1) is 5.56 Å². The first-order valence-electron chi connectivity index (χ1n) is 8.16. The van der Waals surface area contributed by atoms with Gasteiger partial charge in [0, 0.05) is 14.1 Å². The molecule has 0 fully saturated rings. The number of halogens is 3. The molecule has 0 saturated carbocycles. The molecule has 0 aliphatic rings. The van der Waals surface area contributed by atoms with E-state index in [4.69, 9.17) is 4.74 Å². The Morgan fingerprint density at radius 2 is 1.50 bits per heavy atom. The number of benzene rings is 3. The molecular formula is C21H17F3LiO2P. The summed E-state index contributed by atoms with van der Waals surface area (Å²) in [6.45, 7) is 1.53. The predicted molar refractivity (Wildman–Crippen MR) is 103 cm³/mol. The fourth-order valence-corrected chi connectivity index (χ4v) is 3.48. The number of rotatable bonds is 5. The zero-order valence-corrected chi connectivity index (χ0v) is 16.4. The SMILES string of the molecule is Cc1c(PC(F)(F)F)ccc(Oc2ccccc2)c1C(=O)c1ccccc1.[H-].[Li+]. The minimum atomic E-state index is -4.33. The van der Waals surface area contributed by atoms with Crippen molar-refractivity contribution in [1.29, 1.82) is 0 Å². The van der Waals surface area contributed by atoms with Crippen molar-refractivity contribution in [3.8, 4) is 11.5 Å². The fraction of sp³-hybridized carbons (Fsp3) is 0.0952. The van der Waals surface area contributed by atoms with Crippen molar-refractivity contribution in [2.24, 2.45) is 0 Å². The van der Waals surface area contributed by atoms with Crippen LogP contribution >= 0.6 is 8.58 Å². The van der Waals surface area contributed by atoms with Gasteiger partial charge in [0.2, 0.25) is 0 Å². The average molecular weight is 396 g/mol. The molecule has 0 aromatic heterocycles. The van der Waals surface area contributed by atoms with Gasteiger partial charge in [-0.25, -0.2) is 0 Å². The van der Waals surface area contributed by atoms with Crippen LogP contribution < -0.4 is 28.9 Å². The maximum absolute atomic E-state index is 13.0. The van der Waals surface area contributed by atoms with Crippen LogP contribution in [0.3, 0.4) is 0 Å². The maximum Gasteiger partial charge on any atom is 1.00 e. The van der Waals surface area contributed by atoms with E-state index in [1.54, 1.807) is 54.6 Å². The molecule has 1 atom stereocenters. The van der Waals surface area contributed by atoms with Gasteiger partial charge < -0.3 is 6.16 Å². The van der Waals surface area contributed by atoms with Crippen LogP contribution in [-0.2, 0) is 0 Å². The van der Waals surface area contributed by atoms with Gasteiger partial charge >= 0.3 is 24.8 Å². The summed E-state index contributed by atoms with van der Waals surface area (Å²) in [5.41, 5.74) is 0.832. The van der Waals surface area contributed by atoms with Crippen LogP contribution in [0.4, 0.5) is 13.2 Å². The quantitative estimate of drug-likeness (QED) is 0.377. The number of alkyl halides is 3. The van der Waals surface area contributed by atoms with Crippen molar-refractivity contribution < 1.29 is 43.0 Å². The summed E-state index contributed by atoms with van der Waals surface area (Å²) >= 11 is 0. The van der Waals surface area contributed by atoms with Gasteiger partial charge in [-0.3, -0.25) is 4.79 Å². The molecule has 3 aromatic carbocycles. The Bertz CT molecular complexity index is 951.